The predicted molar refractivity (Wildman–Crippen MR) is 188 cm³/mol. The molecular weight excluding hydrogens is 634 g/mol. The number of hydrogen-bond donors (Lipinski definition) is 1. The third-order valence-electron chi connectivity index (χ3n) is 8.71. The minimum atomic E-state index is -0.450. The van der Waals surface area contributed by atoms with Crippen molar-refractivity contribution in [3.8, 4) is 29.1 Å². The highest BCUT2D eigenvalue weighted by Gasteiger charge is 2.31. The summed E-state index contributed by atoms with van der Waals surface area (Å²) in [5, 5.41) is 18.3. The van der Waals surface area contributed by atoms with Crippen LogP contribution in [0.25, 0.3) is 11.2 Å². The SMILES string of the molecule is COc1ccc(CN(Cc2ccc(OC)cc2)c2cc(Oc3cnc4nc(Nc5cc6n(n5)CCOC6(C)C)n(C)c4c3C#N)ccn2)cc1. The fourth-order valence-corrected chi connectivity index (χ4v) is 6.04. The summed E-state index contributed by atoms with van der Waals surface area (Å²) in [7, 11) is 5.13. The molecule has 0 unspecified atom stereocenters. The van der Waals surface area contributed by atoms with Crippen LogP contribution >= 0.6 is 0 Å². The molecule has 1 aliphatic rings. The van der Waals surface area contributed by atoms with E-state index in [1.54, 1.807) is 31.0 Å². The molecule has 13 nitrogen and oxygen atoms in total. The molecule has 4 aromatic heterocycles. The van der Waals surface area contributed by atoms with Gasteiger partial charge in [0, 0.05) is 38.5 Å². The van der Waals surface area contributed by atoms with E-state index < -0.39 is 5.60 Å². The zero-order chi connectivity index (χ0) is 34.8. The summed E-state index contributed by atoms with van der Waals surface area (Å²) in [6, 6.07) is 23.8. The Bertz CT molecular complexity index is 2130. The average molecular weight is 672 g/mol. The van der Waals surface area contributed by atoms with Crippen molar-refractivity contribution < 1.29 is 18.9 Å². The maximum Gasteiger partial charge on any atom is 0.210 e. The number of nitrogens with zero attached hydrogens (tertiary/aromatic N) is 8. The van der Waals surface area contributed by atoms with Crippen LogP contribution < -0.4 is 24.4 Å². The summed E-state index contributed by atoms with van der Waals surface area (Å²) >= 11 is 0. The molecule has 5 heterocycles. The number of benzene rings is 2. The van der Waals surface area contributed by atoms with Gasteiger partial charge in [-0.25, -0.2) is 9.97 Å². The second-order valence-corrected chi connectivity index (χ2v) is 12.4. The van der Waals surface area contributed by atoms with Crippen molar-refractivity contribution in [1.82, 2.24) is 29.3 Å². The van der Waals surface area contributed by atoms with Gasteiger partial charge in [-0.15, -0.1) is 0 Å². The van der Waals surface area contributed by atoms with Crippen LogP contribution in [0.4, 0.5) is 17.6 Å². The lowest BCUT2D eigenvalue weighted by Crippen LogP contribution is -2.33. The number of methoxy groups -OCH3 is 2. The molecule has 1 N–H and O–H groups in total. The molecule has 0 aliphatic carbocycles. The molecular formula is C37H37N9O4. The van der Waals surface area contributed by atoms with Crippen molar-refractivity contribution >= 4 is 28.7 Å². The molecule has 0 atom stereocenters. The summed E-state index contributed by atoms with van der Waals surface area (Å²) in [4.78, 5) is 16.1. The Labute approximate surface area is 289 Å². The minimum Gasteiger partial charge on any atom is -0.497 e. The van der Waals surface area contributed by atoms with Gasteiger partial charge in [-0.2, -0.15) is 15.3 Å². The van der Waals surface area contributed by atoms with Crippen LogP contribution in [0.15, 0.2) is 79.1 Å². The number of anilines is 3. The van der Waals surface area contributed by atoms with Crippen molar-refractivity contribution in [1.29, 1.82) is 5.26 Å². The Kier molecular flexibility index (Phi) is 8.69. The van der Waals surface area contributed by atoms with Crippen molar-refractivity contribution in [2.24, 2.45) is 7.05 Å². The van der Waals surface area contributed by atoms with Crippen LogP contribution in [0.2, 0.25) is 0 Å². The molecule has 0 amide bonds. The van der Waals surface area contributed by atoms with Crippen molar-refractivity contribution in [2.75, 3.05) is 31.0 Å². The van der Waals surface area contributed by atoms with Crippen molar-refractivity contribution in [3.05, 3.63) is 102 Å². The normalized spacial score (nSPS) is 13.4. The predicted octanol–water partition coefficient (Wildman–Crippen LogP) is 6.46. The first-order valence-electron chi connectivity index (χ1n) is 16.1. The largest absolute Gasteiger partial charge is 0.497 e. The third-order valence-corrected chi connectivity index (χ3v) is 8.71. The van der Waals surface area contributed by atoms with E-state index in [0.29, 0.717) is 72.1 Å². The molecule has 0 saturated heterocycles. The van der Waals surface area contributed by atoms with Crippen LogP contribution in [-0.2, 0) is 37.0 Å². The van der Waals surface area contributed by atoms with Crippen LogP contribution in [0, 0.1) is 11.3 Å². The minimum absolute atomic E-state index is 0.305. The number of ether oxygens (including phenoxy) is 4. The topological polar surface area (TPSA) is 137 Å². The van der Waals surface area contributed by atoms with Gasteiger partial charge in [-0.05, 0) is 55.3 Å². The zero-order valence-electron chi connectivity index (χ0n) is 28.5. The number of aromatic nitrogens is 6. The second-order valence-electron chi connectivity index (χ2n) is 12.4. The summed E-state index contributed by atoms with van der Waals surface area (Å²) in [6.45, 7) is 6.47. The van der Waals surface area contributed by atoms with Gasteiger partial charge in [0.05, 0.1) is 39.3 Å². The summed E-state index contributed by atoms with van der Waals surface area (Å²) in [6.07, 6.45) is 3.22. The van der Waals surface area contributed by atoms with Crippen LogP contribution in [-0.4, -0.2) is 50.1 Å². The molecule has 13 heteroatoms. The molecule has 1 aliphatic heterocycles. The Hall–Kier alpha value is -6.13. The van der Waals surface area contributed by atoms with Crippen LogP contribution in [0.5, 0.6) is 23.0 Å². The van der Waals surface area contributed by atoms with E-state index in [9.17, 15) is 5.26 Å². The van der Waals surface area contributed by atoms with E-state index in [2.05, 4.69) is 26.3 Å². The van der Waals surface area contributed by atoms with E-state index in [1.165, 1.54) is 6.20 Å². The van der Waals surface area contributed by atoms with Crippen molar-refractivity contribution in [3.63, 3.8) is 0 Å². The standard InChI is InChI=1S/C37H37N9O4/c1-37(2)31-19-32(43-46(31)16-17-49-37)41-36-42-35-34(44(36)3)29(20-38)30(21-40-35)50-28-14-15-39-33(18-28)45(22-24-6-10-26(47-4)11-7-24)23-25-8-12-27(48-5)13-9-25/h6-15,18-19,21H,16-17,22-23H2,1-5H3,(H,40,41,42,43). The van der Waals surface area contributed by atoms with Gasteiger partial charge >= 0.3 is 0 Å². The fraction of sp³-hybridized carbons (Fsp3) is 0.270. The fourth-order valence-electron chi connectivity index (χ4n) is 6.04. The molecule has 7 rings (SSSR count). The number of nitrogens with one attached hydrogen (secondary N) is 1. The Morgan fingerprint density at radius 3 is 2.24 bits per heavy atom. The first kappa shape index (κ1) is 32.4. The van der Waals surface area contributed by atoms with Gasteiger partial charge in [-0.1, -0.05) is 24.3 Å². The Morgan fingerprint density at radius 1 is 0.940 bits per heavy atom. The maximum absolute atomic E-state index is 10.3. The molecule has 0 bridgehead atoms. The van der Waals surface area contributed by atoms with Crippen LogP contribution in [0.1, 0.15) is 36.2 Å². The number of rotatable bonds is 11. The number of aryl methyl sites for hydroxylation is 1. The van der Waals surface area contributed by atoms with E-state index in [1.807, 2.05) is 86.2 Å². The monoisotopic (exact) mass is 671 g/mol. The zero-order valence-corrected chi connectivity index (χ0v) is 28.5. The van der Waals surface area contributed by atoms with Crippen LogP contribution in [0.3, 0.4) is 0 Å². The molecule has 0 fully saturated rings. The molecule has 0 radical (unpaired) electrons. The average Bonchev–Trinajstić information content (AvgIpc) is 3.69. The van der Waals surface area contributed by atoms with Gasteiger partial charge in [0.1, 0.15) is 45.8 Å². The Morgan fingerprint density at radius 2 is 1.62 bits per heavy atom. The molecule has 50 heavy (non-hydrogen) atoms. The molecule has 0 saturated carbocycles. The van der Waals surface area contributed by atoms with E-state index in [-0.39, 0.29) is 0 Å². The van der Waals surface area contributed by atoms with Gasteiger partial charge in [-0.3, -0.25) is 4.68 Å². The second kappa shape index (κ2) is 13.4. The highest BCUT2D eigenvalue weighted by atomic mass is 16.5. The van der Waals surface area contributed by atoms with E-state index in [0.717, 1.165) is 28.3 Å². The van der Waals surface area contributed by atoms with E-state index in [4.69, 9.17) is 29.0 Å². The lowest BCUT2D eigenvalue weighted by atomic mass is 10.0. The van der Waals surface area contributed by atoms with Gasteiger partial charge in [0.25, 0.3) is 0 Å². The van der Waals surface area contributed by atoms with Gasteiger partial charge < -0.3 is 33.7 Å². The smallest absolute Gasteiger partial charge is 0.210 e. The summed E-state index contributed by atoms with van der Waals surface area (Å²) < 4.78 is 26.7. The number of imidazole rings is 1. The van der Waals surface area contributed by atoms with Gasteiger partial charge in [0.2, 0.25) is 5.95 Å². The highest BCUT2D eigenvalue weighted by Crippen LogP contribution is 2.34. The maximum atomic E-state index is 10.3. The summed E-state index contributed by atoms with van der Waals surface area (Å²) in [5.41, 5.74) is 3.95. The number of nitriles is 1. The highest BCUT2D eigenvalue weighted by molar-refractivity contribution is 5.84. The van der Waals surface area contributed by atoms with Gasteiger partial charge in [0.15, 0.2) is 17.2 Å². The number of pyridine rings is 2. The first-order chi connectivity index (χ1) is 24.2. The number of fused-ring (bicyclic) bond motifs is 2. The molecule has 0 spiro atoms. The Balaban J connectivity index is 1.17. The van der Waals surface area contributed by atoms with E-state index >= 15 is 0 Å². The lowest BCUT2D eigenvalue weighted by molar-refractivity contribution is -0.0532. The molecule has 2 aromatic carbocycles. The molecule has 6 aromatic rings. The first-order valence-corrected chi connectivity index (χ1v) is 16.1. The number of hydrogen-bond acceptors (Lipinski definition) is 11. The quantitative estimate of drug-likeness (QED) is 0.163. The summed E-state index contributed by atoms with van der Waals surface area (Å²) in [5.74, 6) is 4.22. The third kappa shape index (κ3) is 6.48. The lowest BCUT2D eigenvalue weighted by Gasteiger charge is -2.30. The molecule has 254 valence electrons. The van der Waals surface area contributed by atoms with Crippen molar-refractivity contribution in [2.45, 2.75) is 39.1 Å².